The van der Waals surface area contributed by atoms with Crippen LogP contribution < -0.4 is 14.6 Å². The Labute approximate surface area is 152 Å². The minimum atomic E-state index is -4.07. The lowest BCUT2D eigenvalue weighted by Gasteiger charge is -2.12. The normalized spacial score (nSPS) is 12.6. The third-order valence-electron chi connectivity index (χ3n) is 3.22. The molecule has 0 amide bonds. The summed E-state index contributed by atoms with van der Waals surface area (Å²) < 4.78 is 74.8. The summed E-state index contributed by atoms with van der Waals surface area (Å²) in [6.07, 6.45) is 1.00. The van der Waals surface area contributed by atoms with Crippen molar-refractivity contribution in [3.05, 3.63) is 48.0 Å². The molecule has 26 heavy (non-hydrogen) atoms. The van der Waals surface area contributed by atoms with Crippen LogP contribution in [0.3, 0.4) is 0 Å². The Morgan fingerprint density at radius 3 is 2.00 bits per heavy atom. The van der Waals surface area contributed by atoms with E-state index in [-0.39, 0.29) is 15.5 Å². The van der Waals surface area contributed by atoms with Crippen molar-refractivity contribution in [1.29, 1.82) is 0 Å². The number of sulfonamides is 3. The van der Waals surface area contributed by atoms with Gasteiger partial charge in [-0.05, 0) is 48.9 Å². The molecule has 0 saturated carbocycles. The van der Waals surface area contributed by atoms with Crippen LogP contribution in [0.1, 0.15) is 5.56 Å². The monoisotopic (exact) mass is 419 g/mol. The Bertz CT molecular complexity index is 1160. The zero-order valence-corrected chi connectivity index (χ0v) is 16.2. The number of nitrogens with two attached hydrogens (primary N) is 1. The molecule has 12 heteroatoms. The highest BCUT2D eigenvalue weighted by molar-refractivity contribution is 7.93. The summed E-state index contributed by atoms with van der Waals surface area (Å²) in [5.41, 5.74) is 0.989. The Balaban J connectivity index is 2.34. The first-order valence-electron chi connectivity index (χ1n) is 7.02. The van der Waals surface area contributed by atoms with Crippen LogP contribution in [0.15, 0.2) is 52.3 Å². The van der Waals surface area contributed by atoms with Gasteiger partial charge in [-0.25, -0.2) is 30.4 Å². The van der Waals surface area contributed by atoms with Gasteiger partial charge in [-0.2, -0.15) is 0 Å². The summed E-state index contributed by atoms with van der Waals surface area (Å²) in [5, 5.41) is 5.01. The van der Waals surface area contributed by atoms with Gasteiger partial charge in [-0.15, -0.1) is 0 Å². The van der Waals surface area contributed by atoms with Crippen LogP contribution in [0.4, 0.5) is 11.4 Å². The van der Waals surface area contributed by atoms with Crippen molar-refractivity contribution >= 4 is 41.4 Å². The summed E-state index contributed by atoms with van der Waals surface area (Å²) in [5.74, 6) is 0. The molecule has 142 valence electrons. The second-order valence-electron chi connectivity index (χ2n) is 5.53. The van der Waals surface area contributed by atoms with E-state index in [9.17, 15) is 25.3 Å². The summed E-state index contributed by atoms with van der Waals surface area (Å²) in [7, 11) is -11.6. The molecular weight excluding hydrogens is 402 g/mol. The fourth-order valence-electron chi connectivity index (χ4n) is 2.07. The number of hydrogen-bond acceptors (Lipinski definition) is 6. The molecule has 0 bridgehead atoms. The molecule has 2 rings (SSSR count). The molecule has 0 saturated heterocycles. The highest BCUT2D eigenvalue weighted by Crippen LogP contribution is 2.23. The molecule has 0 aliphatic carbocycles. The largest absolute Gasteiger partial charge is 0.284 e. The minimum Gasteiger partial charge on any atom is -0.284 e. The summed E-state index contributed by atoms with van der Waals surface area (Å²) in [6.45, 7) is 1.60. The first-order valence-corrected chi connectivity index (χ1v) is 11.9. The molecule has 9 nitrogen and oxygen atoms in total. The Morgan fingerprint density at radius 1 is 0.846 bits per heavy atom. The van der Waals surface area contributed by atoms with E-state index in [1.807, 2.05) is 0 Å². The van der Waals surface area contributed by atoms with Crippen LogP contribution in [0.25, 0.3) is 0 Å². The van der Waals surface area contributed by atoms with Gasteiger partial charge in [0.1, 0.15) is 0 Å². The van der Waals surface area contributed by atoms with Gasteiger partial charge in [-0.1, -0.05) is 6.07 Å². The first-order chi connectivity index (χ1) is 11.8. The van der Waals surface area contributed by atoms with Crippen molar-refractivity contribution < 1.29 is 25.3 Å². The predicted molar refractivity (Wildman–Crippen MR) is 98.3 cm³/mol. The quantitative estimate of drug-likeness (QED) is 0.630. The maximum absolute atomic E-state index is 12.4. The van der Waals surface area contributed by atoms with Gasteiger partial charge < -0.3 is 0 Å². The van der Waals surface area contributed by atoms with Gasteiger partial charge in [0.05, 0.1) is 21.7 Å². The minimum absolute atomic E-state index is 0.183. The van der Waals surface area contributed by atoms with E-state index in [2.05, 4.69) is 9.44 Å². The third-order valence-corrected chi connectivity index (χ3v) is 6.10. The third kappa shape index (κ3) is 5.17. The van der Waals surface area contributed by atoms with Gasteiger partial charge >= 0.3 is 0 Å². The second-order valence-corrected chi connectivity index (χ2v) is 10.5. The molecule has 2 aromatic carbocycles. The maximum Gasteiger partial charge on any atom is 0.261 e. The number of rotatable bonds is 6. The van der Waals surface area contributed by atoms with Crippen molar-refractivity contribution in [2.24, 2.45) is 5.14 Å². The number of hydrogen-bond donors (Lipinski definition) is 3. The summed E-state index contributed by atoms with van der Waals surface area (Å²) in [6, 6.07) is 8.85. The molecule has 0 aliphatic heterocycles. The van der Waals surface area contributed by atoms with E-state index in [0.29, 0.717) is 11.3 Å². The van der Waals surface area contributed by atoms with E-state index >= 15 is 0 Å². The topological polar surface area (TPSA) is 152 Å². The Morgan fingerprint density at radius 2 is 1.46 bits per heavy atom. The molecule has 0 atom stereocenters. The van der Waals surface area contributed by atoms with Gasteiger partial charge in [0.15, 0.2) is 0 Å². The average Bonchev–Trinajstić information content (AvgIpc) is 2.48. The van der Waals surface area contributed by atoms with E-state index < -0.39 is 30.1 Å². The van der Waals surface area contributed by atoms with Crippen molar-refractivity contribution in [3.8, 4) is 0 Å². The van der Waals surface area contributed by atoms with E-state index in [4.69, 9.17) is 5.14 Å². The summed E-state index contributed by atoms with van der Waals surface area (Å²) >= 11 is 0. The molecule has 0 unspecified atom stereocenters. The van der Waals surface area contributed by atoms with Crippen LogP contribution in [0.2, 0.25) is 0 Å². The fourth-order valence-corrected chi connectivity index (χ4v) is 4.43. The number of nitrogens with one attached hydrogen (secondary N) is 2. The van der Waals surface area contributed by atoms with Gasteiger partial charge in [0.25, 0.3) is 10.0 Å². The zero-order valence-electron chi connectivity index (χ0n) is 13.8. The maximum atomic E-state index is 12.4. The van der Waals surface area contributed by atoms with Crippen molar-refractivity contribution in [2.45, 2.75) is 16.7 Å². The van der Waals surface area contributed by atoms with E-state index in [1.54, 1.807) is 6.92 Å². The number of aryl methyl sites for hydroxylation is 1. The first kappa shape index (κ1) is 20.2. The lowest BCUT2D eigenvalue weighted by Crippen LogP contribution is -2.16. The predicted octanol–water partition coefficient (Wildman–Crippen LogP) is 0.815. The van der Waals surface area contributed by atoms with Crippen LogP contribution in [-0.2, 0) is 30.1 Å². The van der Waals surface area contributed by atoms with Crippen LogP contribution in [0, 0.1) is 6.92 Å². The number of primary sulfonamides is 1. The molecule has 0 fully saturated rings. The van der Waals surface area contributed by atoms with Gasteiger partial charge in [0, 0.05) is 5.69 Å². The van der Waals surface area contributed by atoms with E-state index in [0.717, 1.165) is 12.3 Å². The van der Waals surface area contributed by atoms with Gasteiger partial charge in [0.2, 0.25) is 20.0 Å². The molecule has 0 heterocycles. The fraction of sp³-hybridized carbons (Fsp3) is 0.143. The second kappa shape index (κ2) is 6.87. The number of benzene rings is 2. The standard InChI is InChI=1S/C14H17N3O6S3/c1-10-8-11(6-7-14(10)17-24(2,18)19)16-26(22,23)13-5-3-4-12(9-13)25(15,20)21/h3-9,16-17H,1-2H3,(H2,15,20,21). The van der Waals surface area contributed by atoms with Crippen LogP contribution >= 0.6 is 0 Å². The highest BCUT2D eigenvalue weighted by atomic mass is 32.2. The Hall–Kier alpha value is -2.15. The lowest BCUT2D eigenvalue weighted by molar-refractivity contribution is 0.596. The molecular formula is C14H17N3O6S3. The van der Waals surface area contributed by atoms with Gasteiger partial charge in [-0.3, -0.25) is 9.44 Å². The smallest absolute Gasteiger partial charge is 0.261 e. The molecule has 2 aromatic rings. The molecule has 0 radical (unpaired) electrons. The van der Waals surface area contributed by atoms with Crippen molar-refractivity contribution in [1.82, 2.24) is 0 Å². The molecule has 4 N–H and O–H groups in total. The van der Waals surface area contributed by atoms with Crippen molar-refractivity contribution in [2.75, 3.05) is 15.7 Å². The van der Waals surface area contributed by atoms with Crippen molar-refractivity contribution in [3.63, 3.8) is 0 Å². The van der Waals surface area contributed by atoms with E-state index in [1.165, 1.54) is 36.4 Å². The Kier molecular flexibility index (Phi) is 5.33. The highest BCUT2D eigenvalue weighted by Gasteiger charge is 2.18. The average molecular weight is 420 g/mol. The molecule has 0 aromatic heterocycles. The van der Waals surface area contributed by atoms with Crippen LogP contribution in [0.5, 0.6) is 0 Å². The zero-order chi connectivity index (χ0) is 19.8. The number of anilines is 2. The molecule has 0 spiro atoms. The summed E-state index contributed by atoms with van der Waals surface area (Å²) in [4.78, 5) is -0.607. The SMILES string of the molecule is Cc1cc(NS(=O)(=O)c2cccc(S(N)(=O)=O)c2)ccc1NS(C)(=O)=O. The molecule has 0 aliphatic rings. The lowest BCUT2D eigenvalue weighted by atomic mass is 10.2. The van der Waals surface area contributed by atoms with Crippen LogP contribution in [-0.4, -0.2) is 31.5 Å².